The number of nitriles is 1. The van der Waals surface area contributed by atoms with Crippen molar-refractivity contribution in [1.82, 2.24) is 15.2 Å². The number of carbonyl (C=O) groups excluding carboxylic acids is 1. The molecule has 0 radical (unpaired) electrons. The molecule has 1 fully saturated rings. The first-order chi connectivity index (χ1) is 12.3. The molecule has 0 bridgehead atoms. The minimum atomic E-state index is 0.0229. The molecular formula is C19H21N5O. The molecule has 1 aliphatic rings. The highest BCUT2D eigenvalue weighted by atomic mass is 16.2. The molecule has 2 aromatic rings. The maximum absolute atomic E-state index is 12.1. The largest absolute Gasteiger partial charge is 0.368 e. The van der Waals surface area contributed by atoms with Gasteiger partial charge in [0.1, 0.15) is 6.07 Å². The lowest BCUT2D eigenvalue weighted by molar-refractivity contribution is -0.122. The molecule has 6 nitrogen and oxygen atoms in total. The molecule has 0 unspecified atom stereocenters. The summed E-state index contributed by atoms with van der Waals surface area (Å²) >= 11 is 0. The molecular weight excluding hydrogens is 314 g/mol. The van der Waals surface area contributed by atoms with Gasteiger partial charge in [-0.1, -0.05) is 18.2 Å². The smallest absolute Gasteiger partial charge is 0.234 e. The number of nitrogens with one attached hydrogen (secondary N) is 1. The zero-order chi connectivity index (χ0) is 17.5. The Bertz CT molecular complexity index is 748. The summed E-state index contributed by atoms with van der Waals surface area (Å²) in [6, 6.07) is 13.7. The minimum Gasteiger partial charge on any atom is -0.368 e. The van der Waals surface area contributed by atoms with E-state index in [1.54, 1.807) is 12.4 Å². The van der Waals surface area contributed by atoms with E-state index >= 15 is 0 Å². The first kappa shape index (κ1) is 16.9. The quantitative estimate of drug-likeness (QED) is 0.894. The monoisotopic (exact) mass is 335 g/mol. The second-order valence-electron chi connectivity index (χ2n) is 6.03. The number of para-hydroxylation sites is 1. The van der Waals surface area contributed by atoms with Crippen molar-refractivity contribution in [3.8, 4) is 6.07 Å². The van der Waals surface area contributed by atoms with E-state index in [1.807, 2.05) is 36.4 Å². The number of carbonyl (C=O) groups is 1. The van der Waals surface area contributed by atoms with Gasteiger partial charge in [-0.2, -0.15) is 5.26 Å². The van der Waals surface area contributed by atoms with Crippen molar-refractivity contribution in [2.75, 3.05) is 37.6 Å². The van der Waals surface area contributed by atoms with Crippen LogP contribution in [0.1, 0.15) is 11.1 Å². The van der Waals surface area contributed by atoms with E-state index in [1.165, 1.54) is 0 Å². The Kier molecular flexibility index (Phi) is 5.60. The predicted molar refractivity (Wildman–Crippen MR) is 95.9 cm³/mol. The van der Waals surface area contributed by atoms with Crippen molar-refractivity contribution >= 4 is 11.6 Å². The molecule has 1 aromatic carbocycles. The third-order valence-corrected chi connectivity index (χ3v) is 4.32. The van der Waals surface area contributed by atoms with E-state index in [9.17, 15) is 10.1 Å². The Morgan fingerprint density at radius 1 is 1.16 bits per heavy atom. The zero-order valence-electron chi connectivity index (χ0n) is 14.1. The first-order valence-electron chi connectivity index (χ1n) is 8.38. The topological polar surface area (TPSA) is 72.3 Å². The van der Waals surface area contributed by atoms with Crippen LogP contribution in [0.2, 0.25) is 0 Å². The number of aromatic nitrogens is 1. The van der Waals surface area contributed by atoms with E-state index in [4.69, 9.17) is 0 Å². The lowest BCUT2D eigenvalue weighted by atomic mass is 10.1. The van der Waals surface area contributed by atoms with E-state index < -0.39 is 0 Å². The summed E-state index contributed by atoms with van der Waals surface area (Å²) in [5, 5.41) is 12.2. The second kappa shape index (κ2) is 8.27. The van der Waals surface area contributed by atoms with Crippen molar-refractivity contribution in [3.63, 3.8) is 0 Å². The van der Waals surface area contributed by atoms with Gasteiger partial charge in [-0.15, -0.1) is 0 Å². The van der Waals surface area contributed by atoms with Gasteiger partial charge in [0.15, 0.2) is 0 Å². The van der Waals surface area contributed by atoms with E-state index in [-0.39, 0.29) is 5.91 Å². The summed E-state index contributed by atoms with van der Waals surface area (Å²) in [6.07, 6.45) is 3.47. The summed E-state index contributed by atoms with van der Waals surface area (Å²) < 4.78 is 0. The lowest BCUT2D eigenvalue weighted by Gasteiger charge is -2.36. The van der Waals surface area contributed by atoms with E-state index in [0.29, 0.717) is 18.7 Å². The number of hydrogen-bond donors (Lipinski definition) is 1. The van der Waals surface area contributed by atoms with Gasteiger partial charge in [0, 0.05) is 45.1 Å². The molecule has 1 aromatic heterocycles. The Hall–Kier alpha value is -2.91. The Balaban J connectivity index is 1.46. The summed E-state index contributed by atoms with van der Waals surface area (Å²) in [4.78, 5) is 20.5. The number of anilines is 1. The fourth-order valence-corrected chi connectivity index (χ4v) is 2.95. The van der Waals surface area contributed by atoms with Gasteiger partial charge in [0.25, 0.3) is 0 Å². The second-order valence-corrected chi connectivity index (χ2v) is 6.03. The standard InChI is InChI=1S/C19H21N5O/c20-12-17-5-1-2-6-18(17)24-10-8-23(9-11-24)15-19(25)22-14-16-4-3-7-21-13-16/h1-7,13H,8-11,14-15H2,(H,22,25). The zero-order valence-corrected chi connectivity index (χ0v) is 14.1. The van der Waals surface area contributed by atoms with Gasteiger partial charge in [-0.05, 0) is 23.8 Å². The fraction of sp³-hybridized carbons (Fsp3) is 0.316. The number of rotatable bonds is 5. The molecule has 3 rings (SSSR count). The number of hydrogen-bond acceptors (Lipinski definition) is 5. The summed E-state index contributed by atoms with van der Waals surface area (Å²) in [6.45, 7) is 4.14. The fourth-order valence-electron chi connectivity index (χ4n) is 2.95. The summed E-state index contributed by atoms with van der Waals surface area (Å²) in [5.41, 5.74) is 2.67. The Morgan fingerprint density at radius 3 is 2.68 bits per heavy atom. The Labute approximate surface area is 147 Å². The highest BCUT2D eigenvalue weighted by Gasteiger charge is 2.20. The van der Waals surface area contributed by atoms with E-state index in [0.717, 1.165) is 37.4 Å². The number of piperazine rings is 1. The van der Waals surface area contributed by atoms with Crippen molar-refractivity contribution in [1.29, 1.82) is 5.26 Å². The SMILES string of the molecule is N#Cc1ccccc1N1CCN(CC(=O)NCc2cccnc2)CC1. The van der Waals surface area contributed by atoms with Crippen LogP contribution in [0, 0.1) is 11.3 Å². The van der Waals surface area contributed by atoms with Crippen LogP contribution in [-0.2, 0) is 11.3 Å². The molecule has 0 atom stereocenters. The molecule has 0 saturated carbocycles. The van der Waals surface area contributed by atoms with Crippen LogP contribution >= 0.6 is 0 Å². The summed E-state index contributed by atoms with van der Waals surface area (Å²) in [5.74, 6) is 0.0229. The molecule has 1 N–H and O–H groups in total. The van der Waals surface area contributed by atoms with Crippen LogP contribution in [-0.4, -0.2) is 48.5 Å². The molecule has 1 amide bonds. The van der Waals surface area contributed by atoms with Crippen LogP contribution in [0.25, 0.3) is 0 Å². The third kappa shape index (κ3) is 4.55. The van der Waals surface area contributed by atoms with Crippen LogP contribution in [0.4, 0.5) is 5.69 Å². The van der Waals surface area contributed by atoms with E-state index in [2.05, 4.69) is 26.2 Å². The molecule has 1 saturated heterocycles. The van der Waals surface area contributed by atoms with Gasteiger partial charge in [-0.25, -0.2) is 0 Å². The van der Waals surface area contributed by atoms with Gasteiger partial charge in [0.2, 0.25) is 5.91 Å². The summed E-state index contributed by atoms with van der Waals surface area (Å²) in [7, 11) is 0. The maximum atomic E-state index is 12.1. The van der Waals surface area contributed by atoms with Crippen molar-refractivity contribution in [2.45, 2.75) is 6.54 Å². The number of pyridine rings is 1. The number of nitrogens with zero attached hydrogens (tertiary/aromatic N) is 4. The van der Waals surface area contributed by atoms with Crippen LogP contribution in [0.15, 0.2) is 48.8 Å². The van der Waals surface area contributed by atoms with Gasteiger partial charge in [-0.3, -0.25) is 14.7 Å². The van der Waals surface area contributed by atoms with Crippen LogP contribution in [0.5, 0.6) is 0 Å². The third-order valence-electron chi connectivity index (χ3n) is 4.32. The molecule has 128 valence electrons. The van der Waals surface area contributed by atoms with Crippen molar-refractivity contribution < 1.29 is 4.79 Å². The highest BCUT2D eigenvalue weighted by molar-refractivity contribution is 5.78. The molecule has 0 spiro atoms. The minimum absolute atomic E-state index is 0.0229. The number of amides is 1. The molecule has 6 heteroatoms. The van der Waals surface area contributed by atoms with Gasteiger partial charge >= 0.3 is 0 Å². The highest BCUT2D eigenvalue weighted by Crippen LogP contribution is 2.20. The molecule has 1 aliphatic heterocycles. The van der Waals surface area contributed by atoms with Crippen LogP contribution < -0.4 is 10.2 Å². The normalized spacial score (nSPS) is 14.8. The lowest BCUT2D eigenvalue weighted by Crippen LogP contribution is -2.49. The first-order valence-corrected chi connectivity index (χ1v) is 8.38. The maximum Gasteiger partial charge on any atom is 0.234 e. The van der Waals surface area contributed by atoms with Crippen molar-refractivity contribution in [3.05, 3.63) is 59.9 Å². The van der Waals surface area contributed by atoms with Crippen molar-refractivity contribution in [2.24, 2.45) is 0 Å². The predicted octanol–water partition coefficient (Wildman–Crippen LogP) is 1.39. The number of benzene rings is 1. The molecule has 2 heterocycles. The van der Waals surface area contributed by atoms with Crippen LogP contribution in [0.3, 0.4) is 0 Å². The van der Waals surface area contributed by atoms with Gasteiger partial charge < -0.3 is 10.2 Å². The Morgan fingerprint density at radius 2 is 1.96 bits per heavy atom. The van der Waals surface area contributed by atoms with Gasteiger partial charge in [0.05, 0.1) is 17.8 Å². The average Bonchev–Trinajstić information content (AvgIpc) is 2.68. The molecule has 25 heavy (non-hydrogen) atoms. The average molecular weight is 335 g/mol. The molecule has 0 aliphatic carbocycles.